The van der Waals surface area contributed by atoms with E-state index in [1.165, 1.54) is 0 Å². The summed E-state index contributed by atoms with van der Waals surface area (Å²) in [6, 6.07) is 12.7. The van der Waals surface area contributed by atoms with Crippen LogP contribution in [0.3, 0.4) is 0 Å². The van der Waals surface area contributed by atoms with Gasteiger partial charge in [0.25, 0.3) is 0 Å². The maximum absolute atomic E-state index is 12.3. The number of fused-ring (bicyclic) bond motifs is 1. The third kappa shape index (κ3) is 4.37. The molecule has 2 aromatic rings. The number of benzene rings is 2. The van der Waals surface area contributed by atoms with Gasteiger partial charge in [0.15, 0.2) is 0 Å². The third-order valence-corrected chi connectivity index (χ3v) is 5.20. The first-order valence-electron chi connectivity index (χ1n) is 8.57. The average molecular weight is 391 g/mol. The summed E-state index contributed by atoms with van der Waals surface area (Å²) in [5.74, 6) is -0.314. The Morgan fingerprint density at radius 2 is 2.04 bits per heavy atom. The molecule has 2 amide bonds. The van der Waals surface area contributed by atoms with Crippen molar-refractivity contribution in [3.63, 3.8) is 0 Å². The lowest BCUT2D eigenvalue weighted by Gasteiger charge is -2.24. The van der Waals surface area contributed by atoms with Gasteiger partial charge in [-0.05, 0) is 49.1 Å². The molecule has 4 nitrogen and oxygen atoms in total. The highest BCUT2D eigenvalue weighted by molar-refractivity contribution is 6.35. The van der Waals surface area contributed by atoms with Crippen LogP contribution in [0.5, 0.6) is 0 Å². The van der Waals surface area contributed by atoms with Crippen molar-refractivity contribution in [3.05, 3.63) is 63.6 Å². The fourth-order valence-electron chi connectivity index (χ4n) is 3.20. The third-order valence-electron chi connectivity index (χ3n) is 4.64. The number of para-hydroxylation sites is 1. The van der Waals surface area contributed by atoms with E-state index in [9.17, 15) is 9.59 Å². The van der Waals surface area contributed by atoms with E-state index in [-0.39, 0.29) is 30.2 Å². The van der Waals surface area contributed by atoms with Crippen LogP contribution in [0.2, 0.25) is 10.0 Å². The molecular weight excluding hydrogens is 371 g/mol. The molecule has 6 heteroatoms. The minimum atomic E-state index is -0.229. The summed E-state index contributed by atoms with van der Waals surface area (Å²) in [6.45, 7) is 1.87. The topological polar surface area (TPSA) is 58.2 Å². The number of hydrogen-bond acceptors (Lipinski definition) is 2. The predicted molar refractivity (Wildman–Crippen MR) is 105 cm³/mol. The molecule has 1 aliphatic rings. The van der Waals surface area contributed by atoms with Crippen LogP contribution in [-0.4, -0.2) is 11.8 Å². The second kappa shape index (κ2) is 8.11. The second-order valence-corrected chi connectivity index (χ2v) is 7.38. The molecule has 0 bridgehead atoms. The van der Waals surface area contributed by atoms with Crippen LogP contribution in [0.15, 0.2) is 42.5 Å². The Hall–Kier alpha value is -2.04. The number of rotatable bonds is 5. The molecule has 0 aliphatic carbocycles. The monoisotopic (exact) mass is 390 g/mol. The first kappa shape index (κ1) is 18.7. The van der Waals surface area contributed by atoms with Gasteiger partial charge < -0.3 is 10.6 Å². The smallest absolute Gasteiger partial charge is 0.227 e. The summed E-state index contributed by atoms with van der Waals surface area (Å²) < 4.78 is 0. The number of hydrogen-bond donors (Lipinski definition) is 2. The molecule has 2 aromatic carbocycles. The zero-order valence-corrected chi connectivity index (χ0v) is 15.9. The van der Waals surface area contributed by atoms with Crippen molar-refractivity contribution >= 4 is 40.7 Å². The fraction of sp³-hybridized carbons (Fsp3) is 0.300. The molecule has 0 unspecified atom stereocenters. The molecule has 0 radical (unpaired) electrons. The molecule has 0 saturated heterocycles. The number of nitrogens with one attached hydrogen (secondary N) is 2. The molecule has 136 valence electrons. The van der Waals surface area contributed by atoms with Crippen LogP contribution >= 0.6 is 23.2 Å². The SMILES string of the molecule is C[C@@H](NC(=O)CC[C@H]1Cc2ccccc2NC1=O)c1ccc(Cl)cc1Cl. The summed E-state index contributed by atoms with van der Waals surface area (Å²) in [5, 5.41) is 6.92. The Morgan fingerprint density at radius 3 is 2.81 bits per heavy atom. The van der Waals surface area contributed by atoms with Crippen molar-refractivity contribution in [1.29, 1.82) is 0 Å². The Morgan fingerprint density at radius 1 is 1.27 bits per heavy atom. The van der Waals surface area contributed by atoms with Gasteiger partial charge in [-0.25, -0.2) is 0 Å². The van der Waals surface area contributed by atoms with Gasteiger partial charge >= 0.3 is 0 Å². The quantitative estimate of drug-likeness (QED) is 0.772. The Bertz CT molecular complexity index is 838. The minimum absolute atomic E-state index is 0.0229. The summed E-state index contributed by atoms with van der Waals surface area (Å²) >= 11 is 12.1. The van der Waals surface area contributed by atoms with Gasteiger partial charge in [0, 0.05) is 28.1 Å². The van der Waals surface area contributed by atoms with Crippen molar-refractivity contribution in [2.75, 3.05) is 5.32 Å². The van der Waals surface area contributed by atoms with E-state index in [1.807, 2.05) is 31.2 Å². The molecule has 1 heterocycles. The normalized spacial score (nSPS) is 17.2. The van der Waals surface area contributed by atoms with Crippen molar-refractivity contribution in [3.8, 4) is 0 Å². The molecule has 2 atom stereocenters. The maximum atomic E-state index is 12.3. The first-order chi connectivity index (χ1) is 12.4. The van der Waals surface area contributed by atoms with Crippen LogP contribution in [0.1, 0.15) is 36.9 Å². The lowest BCUT2D eigenvalue weighted by Crippen LogP contribution is -2.32. The molecule has 0 fully saturated rings. The highest BCUT2D eigenvalue weighted by Gasteiger charge is 2.26. The lowest BCUT2D eigenvalue weighted by molar-refractivity contribution is -0.123. The molecule has 0 spiro atoms. The van der Waals surface area contributed by atoms with Gasteiger partial charge in [-0.15, -0.1) is 0 Å². The Kier molecular flexibility index (Phi) is 5.84. The van der Waals surface area contributed by atoms with Gasteiger partial charge in [-0.3, -0.25) is 9.59 Å². The highest BCUT2D eigenvalue weighted by Crippen LogP contribution is 2.28. The van der Waals surface area contributed by atoms with Gasteiger partial charge in [0.1, 0.15) is 0 Å². The standard InChI is InChI=1S/C20H20Cl2N2O2/c1-12(16-8-7-15(21)11-17(16)22)23-19(25)9-6-14-10-13-4-2-3-5-18(13)24-20(14)26/h2-5,7-8,11-12,14H,6,9-10H2,1H3,(H,23,25)(H,24,26)/t12-,14+/m1/s1. The average Bonchev–Trinajstić information content (AvgIpc) is 2.59. The Balaban J connectivity index is 1.55. The molecule has 0 saturated carbocycles. The number of amides is 2. The molecular formula is C20H20Cl2N2O2. The summed E-state index contributed by atoms with van der Waals surface area (Å²) in [6.07, 6.45) is 1.46. The maximum Gasteiger partial charge on any atom is 0.227 e. The van der Waals surface area contributed by atoms with E-state index in [2.05, 4.69) is 10.6 Å². The van der Waals surface area contributed by atoms with E-state index < -0.39 is 0 Å². The minimum Gasteiger partial charge on any atom is -0.350 e. The first-order valence-corrected chi connectivity index (χ1v) is 9.32. The molecule has 0 aromatic heterocycles. The number of halogens is 2. The predicted octanol–water partition coefficient (Wildman–Crippen LogP) is 4.76. The van der Waals surface area contributed by atoms with E-state index in [4.69, 9.17) is 23.2 Å². The molecule has 3 rings (SSSR count). The van der Waals surface area contributed by atoms with Gasteiger partial charge in [0.05, 0.1) is 6.04 Å². The van der Waals surface area contributed by atoms with Crippen molar-refractivity contribution in [2.24, 2.45) is 5.92 Å². The summed E-state index contributed by atoms with van der Waals surface area (Å²) in [4.78, 5) is 24.5. The molecule has 1 aliphatic heterocycles. The van der Waals surface area contributed by atoms with Crippen LogP contribution < -0.4 is 10.6 Å². The lowest BCUT2D eigenvalue weighted by atomic mass is 9.89. The van der Waals surface area contributed by atoms with Crippen LogP contribution in [0.4, 0.5) is 5.69 Å². The fourth-order valence-corrected chi connectivity index (χ4v) is 3.77. The van der Waals surface area contributed by atoms with Gasteiger partial charge in [-0.1, -0.05) is 47.5 Å². The Labute approximate surface area is 162 Å². The largest absolute Gasteiger partial charge is 0.350 e. The number of carbonyl (C=O) groups excluding carboxylic acids is 2. The van der Waals surface area contributed by atoms with E-state index in [0.717, 1.165) is 16.8 Å². The molecule has 2 N–H and O–H groups in total. The van der Waals surface area contributed by atoms with Crippen molar-refractivity contribution < 1.29 is 9.59 Å². The van der Waals surface area contributed by atoms with Gasteiger partial charge in [0.2, 0.25) is 11.8 Å². The number of carbonyl (C=O) groups is 2. The van der Waals surface area contributed by atoms with Crippen LogP contribution in [-0.2, 0) is 16.0 Å². The van der Waals surface area contributed by atoms with Crippen LogP contribution in [0.25, 0.3) is 0 Å². The zero-order valence-electron chi connectivity index (χ0n) is 14.4. The van der Waals surface area contributed by atoms with Crippen molar-refractivity contribution in [2.45, 2.75) is 32.2 Å². The summed E-state index contributed by atoms with van der Waals surface area (Å²) in [7, 11) is 0. The van der Waals surface area contributed by atoms with Gasteiger partial charge in [-0.2, -0.15) is 0 Å². The highest BCUT2D eigenvalue weighted by atomic mass is 35.5. The van der Waals surface area contributed by atoms with E-state index in [1.54, 1.807) is 18.2 Å². The van der Waals surface area contributed by atoms with E-state index in [0.29, 0.717) is 22.9 Å². The second-order valence-electron chi connectivity index (χ2n) is 6.54. The van der Waals surface area contributed by atoms with E-state index >= 15 is 0 Å². The molecule has 26 heavy (non-hydrogen) atoms. The summed E-state index contributed by atoms with van der Waals surface area (Å²) in [5.41, 5.74) is 2.79. The van der Waals surface area contributed by atoms with Crippen molar-refractivity contribution in [1.82, 2.24) is 5.32 Å². The zero-order chi connectivity index (χ0) is 18.7. The number of anilines is 1. The van der Waals surface area contributed by atoms with Crippen LogP contribution in [0, 0.1) is 5.92 Å².